The SMILES string of the molecule is COc1cccc(CN2CCN(CCCC3C(=O)NC4CCCCC43)CC2)c1. The van der Waals surface area contributed by atoms with Crippen molar-refractivity contribution in [3.8, 4) is 5.75 Å². The molecule has 3 fully saturated rings. The molecule has 4 rings (SSSR count). The zero-order valence-electron chi connectivity index (χ0n) is 17.2. The van der Waals surface area contributed by atoms with Gasteiger partial charge in [-0.05, 0) is 55.8 Å². The van der Waals surface area contributed by atoms with E-state index in [1.807, 2.05) is 6.07 Å². The highest BCUT2D eigenvalue weighted by atomic mass is 16.5. The van der Waals surface area contributed by atoms with Gasteiger partial charge in [0, 0.05) is 44.7 Å². The van der Waals surface area contributed by atoms with E-state index in [1.54, 1.807) is 7.11 Å². The Balaban J connectivity index is 1.17. The fourth-order valence-electron chi connectivity index (χ4n) is 5.38. The maximum absolute atomic E-state index is 12.3. The van der Waals surface area contributed by atoms with Crippen molar-refractivity contribution in [2.45, 2.75) is 51.1 Å². The third-order valence-corrected chi connectivity index (χ3v) is 7.00. The number of nitrogens with zero attached hydrogens (tertiary/aromatic N) is 2. The van der Waals surface area contributed by atoms with Gasteiger partial charge in [0.2, 0.25) is 5.91 Å². The van der Waals surface area contributed by atoms with Gasteiger partial charge in [0.25, 0.3) is 0 Å². The minimum atomic E-state index is 0.277. The van der Waals surface area contributed by atoms with Crippen molar-refractivity contribution in [2.75, 3.05) is 39.8 Å². The molecule has 1 aromatic rings. The Bertz CT molecular complexity index is 657. The van der Waals surface area contributed by atoms with E-state index in [0.717, 1.165) is 57.9 Å². The molecule has 5 nitrogen and oxygen atoms in total. The van der Waals surface area contributed by atoms with Crippen LogP contribution in [0.15, 0.2) is 24.3 Å². The summed E-state index contributed by atoms with van der Waals surface area (Å²) >= 11 is 0. The van der Waals surface area contributed by atoms with E-state index in [-0.39, 0.29) is 5.92 Å². The van der Waals surface area contributed by atoms with Gasteiger partial charge >= 0.3 is 0 Å². The highest BCUT2D eigenvalue weighted by Crippen LogP contribution is 2.37. The number of ether oxygens (including phenoxy) is 1. The molecule has 1 aromatic carbocycles. The number of amides is 1. The molecular weight excluding hydrogens is 350 g/mol. The van der Waals surface area contributed by atoms with Crippen LogP contribution in [0.4, 0.5) is 0 Å². The summed E-state index contributed by atoms with van der Waals surface area (Å²) in [6, 6.07) is 8.87. The van der Waals surface area contributed by atoms with Crippen LogP contribution in [-0.2, 0) is 11.3 Å². The van der Waals surface area contributed by atoms with Gasteiger partial charge in [-0.1, -0.05) is 25.0 Å². The van der Waals surface area contributed by atoms with Crippen molar-refractivity contribution >= 4 is 5.91 Å². The monoisotopic (exact) mass is 385 g/mol. The molecule has 0 radical (unpaired) electrons. The van der Waals surface area contributed by atoms with Crippen LogP contribution in [0.2, 0.25) is 0 Å². The molecule has 0 spiro atoms. The lowest BCUT2D eigenvalue weighted by atomic mass is 9.78. The summed E-state index contributed by atoms with van der Waals surface area (Å²) in [6.07, 6.45) is 7.25. The van der Waals surface area contributed by atoms with Crippen LogP contribution in [0.25, 0.3) is 0 Å². The normalized spacial score (nSPS) is 28.8. The number of hydrogen-bond donors (Lipinski definition) is 1. The van der Waals surface area contributed by atoms with E-state index < -0.39 is 0 Å². The first-order valence-electron chi connectivity index (χ1n) is 11.1. The third kappa shape index (κ3) is 4.69. The molecule has 3 unspecified atom stereocenters. The Morgan fingerprint density at radius 3 is 2.71 bits per heavy atom. The van der Waals surface area contributed by atoms with Gasteiger partial charge in [0.05, 0.1) is 7.11 Å². The number of carbonyl (C=O) groups is 1. The molecule has 154 valence electrons. The third-order valence-electron chi connectivity index (χ3n) is 7.00. The van der Waals surface area contributed by atoms with Crippen LogP contribution in [0.5, 0.6) is 5.75 Å². The summed E-state index contributed by atoms with van der Waals surface area (Å²) < 4.78 is 5.33. The van der Waals surface area contributed by atoms with Crippen LogP contribution in [0, 0.1) is 11.8 Å². The Morgan fingerprint density at radius 1 is 1.11 bits per heavy atom. The molecular formula is C23H35N3O2. The molecule has 1 N–H and O–H groups in total. The molecule has 28 heavy (non-hydrogen) atoms. The molecule has 3 aliphatic rings. The van der Waals surface area contributed by atoms with Crippen molar-refractivity contribution in [3.05, 3.63) is 29.8 Å². The molecule has 1 saturated carbocycles. The molecule has 2 saturated heterocycles. The van der Waals surface area contributed by atoms with Crippen LogP contribution in [0.1, 0.15) is 44.1 Å². The predicted molar refractivity (Wildman–Crippen MR) is 111 cm³/mol. The van der Waals surface area contributed by atoms with Crippen molar-refractivity contribution in [1.29, 1.82) is 0 Å². The largest absolute Gasteiger partial charge is 0.497 e. The number of carbonyl (C=O) groups excluding carboxylic acids is 1. The first-order chi connectivity index (χ1) is 13.7. The molecule has 2 heterocycles. The maximum atomic E-state index is 12.3. The zero-order chi connectivity index (χ0) is 19.3. The van der Waals surface area contributed by atoms with Gasteiger partial charge in [-0.15, -0.1) is 0 Å². The Labute approximate surface area is 169 Å². The van der Waals surface area contributed by atoms with E-state index in [2.05, 4.69) is 33.3 Å². The highest BCUT2D eigenvalue weighted by molar-refractivity contribution is 5.81. The summed E-state index contributed by atoms with van der Waals surface area (Å²) in [7, 11) is 1.72. The first kappa shape index (κ1) is 19.7. The van der Waals surface area contributed by atoms with Gasteiger partial charge in [0.1, 0.15) is 5.75 Å². The Kier molecular flexibility index (Phi) is 6.53. The average Bonchev–Trinajstić information content (AvgIpc) is 3.05. The van der Waals surface area contributed by atoms with Crippen molar-refractivity contribution in [3.63, 3.8) is 0 Å². The quantitative estimate of drug-likeness (QED) is 0.784. The Morgan fingerprint density at radius 2 is 1.89 bits per heavy atom. The zero-order valence-corrected chi connectivity index (χ0v) is 17.2. The number of benzene rings is 1. The topological polar surface area (TPSA) is 44.8 Å². The smallest absolute Gasteiger partial charge is 0.223 e. The number of nitrogens with one attached hydrogen (secondary N) is 1. The second-order valence-corrected chi connectivity index (χ2v) is 8.78. The number of methoxy groups -OCH3 is 1. The molecule has 5 heteroatoms. The van der Waals surface area contributed by atoms with Crippen molar-refractivity contribution in [1.82, 2.24) is 15.1 Å². The summed E-state index contributed by atoms with van der Waals surface area (Å²) in [5, 5.41) is 3.26. The maximum Gasteiger partial charge on any atom is 0.223 e. The van der Waals surface area contributed by atoms with E-state index >= 15 is 0 Å². The lowest BCUT2D eigenvalue weighted by Gasteiger charge is -2.35. The molecule has 2 aliphatic heterocycles. The minimum Gasteiger partial charge on any atom is -0.497 e. The lowest BCUT2D eigenvalue weighted by Crippen LogP contribution is -2.46. The molecule has 0 aromatic heterocycles. The van der Waals surface area contributed by atoms with E-state index in [9.17, 15) is 4.79 Å². The number of fused-ring (bicyclic) bond motifs is 1. The number of piperazine rings is 1. The summed E-state index contributed by atoms with van der Waals surface area (Å²) in [4.78, 5) is 17.5. The first-order valence-corrected chi connectivity index (χ1v) is 11.1. The van der Waals surface area contributed by atoms with Crippen LogP contribution < -0.4 is 10.1 Å². The van der Waals surface area contributed by atoms with Gasteiger partial charge in [-0.3, -0.25) is 9.69 Å². The summed E-state index contributed by atoms with van der Waals surface area (Å²) in [5.41, 5.74) is 1.32. The lowest BCUT2D eigenvalue weighted by molar-refractivity contribution is -0.123. The van der Waals surface area contributed by atoms with Gasteiger partial charge < -0.3 is 15.0 Å². The fourth-order valence-corrected chi connectivity index (χ4v) is 5.38. The molecule has 1 aliphatic carbocycles. The summed E-state index contributed by atoms with van der Waals surface area (Å²) in [5.74, 6) is 2.16. The van der Waals surface area contributed by atoms with Gasteiger partial charge in [-0.2, -0.15) is 0 Å². The highest BCUT2D eigenvalue weighted by Gasteiger charge is 2.42. The molecule has 0 bridgehead atoms. The average molecular weight is 386 g/mol. The number of hydrogen-bond acceptors (Lipinski definition) is 4. The fraction of sp³-hybridized carbons (Fsp3) is 0.696. The van der Waals surface area contributed by atoms with Crippen LogP contribution in [-0.4, -0.2) is 61.6 Å². The predicted octanol–water partition coefficient (Wildman–Crippen LogP) is 2.90. The van der Waals surface area contributed by atoms with Crippen molar-refractivity contribution in [2.24, 2.45) is 11.8 Å². The minimum absolute atomic E-state index is 0.277. The van der Waals surface area contributed by atoms with Gasteiger partial charge in [0.15, 0.2) is 0 Å². The Hall–Kier alpha value is -1.59. The molecule has 3 atom stereocenters. The van der Waals surface area contributed by atoms with Crippen molar-refractivity contribution < 1.29 is 9.53 Å². The second-order valence-electron chi connectivity index (χ2n) is 8.78. The second kappa shape index (κ2) is 9.27. The van der Waals surface area contributed by atoms with Crippen LogP contribution in [0.3, 0.4) is 0 Å². The van der Waals surface area contributed by atoms with E-state index in [4.69, 9.17) is 4.74 Å². The van der Waals surface area contributed by atoms with Gasteiger partial charge in [-0.25, -0.2) is 0 Å². The summed E-state index contributed by atoms with van der Waals surface area (Å²) in [6.45, 7) is 6.63. The van der Waals surface area contributed by atoms with Crippen LogP contribution >= 0.6 is 0 Å². The molecule has 1 amide bonds. The standard InChI is InChI=1S/C23H35N3O2/c1-28-19-7-4-6-18(16-19)17-26-14-12-25(13-15-26)11-5-9-21-20-8-2-3-10-22(20)24-23(21)27/h4,6-7,16,20-22H,2-3,5,8-15,17H2,1H3,(H,24,27). The van der Waals surface area contributed by atoms with E-state index in [0.29, 0.717) is 17.9 Å². The number of rotatable bonds is 7. The van der Waals surface area contributed by atoms with E-state index in [1.165, 1.54) is 31.2 Å².